The van der Waals surface area contributed by atoms with E-state index < -0.39 is 0 Å². The highest BCUT2D eigenvalue weighted by atomic mass is 16.5. The molecule has 0 amide bonds. The van der Waals surface area contributed by atoms with Gasteiger partial charge >= 0.3 is 0 Å². The standard InChI is InChI=1S/C14H17NO2/c1-17-13-8-12(9-15-10-13)14(16)11-6-4-2-3-5-7-11/h6,8-10H,2-5,7H2,1H3. The first-order valence-electron chi connectivity index (χ1n) is 6.04. The maximum Gasteiger partial charge on any atom is 0.190 e. The van der Waals surface area contributed by atoms with Crippen LogP contribution in [0.4, 0.5) is 0 Å². The number of carbonyl (C=O) groups excluding carboxylic acids is 1. The van der Waals surface area contributed by atoms with Crippen molar-refractivity contribution in [2.75, 3.05) is 7.11 Å². The molecule has 1 heterocycles. The number of rotatable bonds is 3. The molecule has 0 saturated heterocycles. The number of Topliss-reactive ketones (excluding diaryl/α,β-unsaturated/α-hetero) is 1. The summed E-state index contributed by atoms with van der Waals surface area (Å²) in [5.74, 6) is 0.725. The van der Waals surface area contributed by atoms with Gasteiger partial charge in [0.25, 0.3) is 0 Å². The topological polar surface area (TPSA) is 39.2 Å². The smallest absolute Gasteiger partial charge is 0.190 e. The number of carbonyl (C=O) groups is 1. The maximum absolute atomic E-state index is 12.3. The van der Waals surface area contributed by atoms with Gasteiger partial charge in [0.05, 0.1) is 13.3 Å². The third-order valence-corrected chi connectivity index (χ3v) is 3.04. The molecule has 90 valence electrons. The summed E-state index contributed by atoms with van der Waals surface area (Å²) in [4.78, 5) is 16.3. The molecule has 0 radical (unpaired) electrons. The Morgan fingerprint density at radius 3 is 3.00 bits per heavy atom. The number of aromatic nitrogens is 1. The van der Waals surface area contributed by atoms with Gasteiger partial charge < -0.3 is 4.74 Å². The maximum atomic E-state index is 12.3. The lowest BCUT2D eigenvalue weighted by Gasteiger charge is -2.05. The van der Waals surface area contributed by atoms with Crippen molar-refractivity contribution in [3.8, 4) is 5.75 Å². The van der Waals surface area contributed by atoms with Crippen molar-refractivity contribution in [1.82, 2.24) is 4.98 Å². The van der Waals surface area contributed by atoms with Gasteiger partial charge in [-0.15, -0.1) is 0 Å². The average Bonchev–Trinajstić information content (AvgIpc) is 2.67. The summed E-state index contributed by atoms with van der Waals surface area (Å²) in [6, 6.07) is 1.75. The minimum Gasteiger partial charge on any atom is -0.495 e. The molecule has 3 heteroatoms. The Morgan fingerprint density at radius 2 is 2.18 bits per heavy atom. The largest absolute Gasteiger partial charge is 0.495 e. The minimum atomic E-state index is 0.0956. The Labute approximate surface area is 102 Å². The molecule has 0 N–H and O–H groups in total. The predicted molar refractivity (Wildman–Crippen MR) is 66.3 cm³/mol. The van der Waals surface area contributed by atoms with Crippen LogP contribution in [0.2, 0.25) is 0 Å². The van der Waals surface area contributed by atoms with Gasteiger partial charge in [-0.05, 0) is 37.3 Å². The number of ketones is 1. The van der Waals surface area contributed by atoms with Crippen LogP contribution in [0.1, 0.15) is 42.5 Å². The minimum absolute atomic E-state index is 0.0956. The zero-order chi connectivity index (χ0) is 12.1. The van der Waals surface area contributed by atoms with Crippen molar-refractivity contribution < 1.29 is 9.53 Å². The molecule has 0 fully saturated rings. The number of ether oxygens (including phenoxy) is 1. The number of hydrogen-bond donors (Lipinski definition) is 0. The molecule has 1 aromatic heterocycles. The predicted octanol–water partition coefficient (Wildman–Crippen LogP) is 3.16. The lowest BCUT2D eigenvalue weighted by atomic mass is 10.0. The third kappa shape index (κ3) is 2.93. The van der Waals surface area contributed by atoms with Gasteiger partial charge in [0, 0.05) is 11.8 Å². The van der Waals surface area contributed by atoms with Crippen molar-refractivity contribution in [3.05, 3.63) is 35.7 Å². The number of nitrogens with zero attached hydrogens (tertiary/aromatic N) is 1. The van der Waals surface area contributed by atoms with E-state index in [1.807, 2.05) is 0 Å². The van der Waals surface area contributed by atoms with E-state index in [2.05, 4.69) is 11.1 Å². The fraction of sp³-hybridized carbons (Fsp3) is 0.429. The second-order valence-corrected chi connectivity index (χ2v) is 4.27. The van der Waals surface area contributed by atoms with E-state index in [4.69, 9.17) is 4.74 Å². The Bertz CT molecular complexity index is 438. The molecule has 0 aromatic carbocycles. The molecule has 0 bridgehead atoms. The molecule has 1 aliphatic rings. The third-order valence-electron chi connectivity index (χ3n) is 3.04. The molecule has 0 unspecified atom stereocenters. The molecule has 2 rings (SSSR count). The van der Waals surface area contributed by atoms with Gasteiger partial charge in [0.2, 0.25) is 0 Å². The van der Waals surface area contributed by atoms with Gasteiger partial charge in [0.15, 0.2) is 5.78 Å². The molecule has 0 spiro atoms. The first-order chi connectivity index (χ1) is 8.31. The lowest BCUT2D eigenvalue weighted by molar-refractivity contribution is 0.102. The van der Waals surface area contributed by atoms with Crippen LogP contribution in [0.15, 0.2) is 30.1 Å². The van der Waals surface area contributed by atoms with Gasteiger partial charge in [-0.1, -0.05) is 12.5 Å². The van der Waals surface area contributed by atoms with Gasteiger partial charge in [0.1, 0.15) is 5.75 Å². The Hall–Kier alpha value is -1.64. The normalized spacial score (nSPS) is 15.9. The summed E-state index contributed by atoms with van der Waals surface area (Å²) in [5.41, 5.74) is 1.55. The van der Waals surface area contributed by atoms with Crippen molar-refractivity contribution in [1.29, 1.82) is 0 Å². The summed E-state index contributed by atoms with van der Waals surface area (Å²) in [7, 11) is 1.58. The van der Waals surface area contributed by atoms with Crippen LogP contribution in [-0.4, -0.2) is 17.9 Å². The Morgan fingerprint density at radius 1 is 1.29 bits per heavy atom. The zero-order valence-corrected chi connectivity index (χ0v) is 10.1. The molecular weight excluding hydrogens is 214 g/mol. The fourth-order valence-electron chi connectivity index (χ4n) is 2.06. The molecule has 0 aliphatic heterocycles. The molecular formula is C14H17NO2. The Balaban J connectivity index is 2.20. The molecule has 1 aliphatic carbocycles. The first-order valence-corrected chi connectivity index (χ1v) is 6.04. The van der Waals surface area contributed by atoms with Crippen LogP contribution in [0.25, 0.3) is 0 Å². The second kappa shape index (κ2) is 5.62. The fourth-order valence-corrected chi connectivity index (χ4v) is 2.06. The average molecular weight is 231 g/mol. The van der Waals surface area contributed by atoms with Crippen LogP contribution in [0.5, 0.6) is 5.75 Å². The second-order valence-electron chi connectivity index (χ2n) is 4.27. The van der Waals surface area contributed by atoms with Crippen LogP contribution in [0.3, 0.4) is 0 Å². The van der Waals surface area contributed by atoms with Crippen molar-refractivity contribution in [2.24, 2.45) is 0 Å². The SMILES string of the molecule is COc1cncc(C(=O)C2=CCCCCC2)c1. The number of hydrogen-bond acceptors (Lipinski definition) is 3. The van der Waals surface area contributed by atoms with E-state index in [1.165, 1.54) is 12.8 Å². The van der Waals surface area contributed by atoms with Gasteiger partial charge in [-0.25, -0.2) is 0 Å². The van der Waals surface area contributed by atoms with E-state index in [-0.39, 0.29) is 5.78 Å². The van der Waals surface area contributed by atoms with Crippen molar-refractivity contribution >= 4 is 5.78 Å². The summed E-state index contributed by atoms with van der Waals surface area (Å²) < 4.78 is 5.08. The number of pyridine rings is 1. The van der Waals surface area contributed by atoms with E-state index in [9.17, 15) is 4.79 Å². The Kier molecular flexibility index (Phi) is 3.91. The summed E-state index contributed by atoms with van der Waals surface area (Å²) in [5, 5.41) is 0. The number of allylic oxidation sites excluding steroid dienone is 2. The highest BCUT2D eigenvalue weighted by Gasteiger charge is 2.14. The molecule has 3 nitrogen and oxygen atoms in total. The van der Waals surface area contributed by atoms with E-state index in [0.29, 0.717) is 11.3 Å². The van der Waals surface area contributed by atoms with Crippen LogP contribution >= 0.6 is 0 Å². The van der Waals surface area contributed by atoms with E-state index >= 15 is 0 Å². The molecule has 1 aromatic rings. The van der Waals surface area contributed by atoms with E-state index in [0.717, 1.165) is 24.8 Å². The van der Waals surface area contributed by atoms with Crippen molar-refractivity contribution in [2.45, 2.75) is 32.1 Å². The van der Waals surface area contributed by atoms with Crippen molar-refractivity contribution in [3.63, 3.8) is 0 Å². The summed E-state index contributed by atoms with van der Waals surface area (Å²) in [6.07, 6.45) is 10.7. The lowest BCUT2D eigenvalue weighted by Crippen LogP contribution is -2.04. The molecule has 17 heavy (non-hydrogen) atoms. The van der Waals surface area contributed by atoms with Crippen LogP contribution < -0.4 is 4.74 Å². The van der Waals surface area contributed by atoms with Gasteiger partial charge in [-0.2, -0.15) is 0 Å². The monoisotopic (exact) mass is 231 g/mol. The molecule has 0 atom stereocenters. The molecule has 0 saturated carbocycles. The van der Waals surface area contributed by atoms with Gasteiger partial charge in [-0.3, -0.25) is 9.78 Å². The van der Waals surface area contributed by atoms with Crippen LogP contribution in [-0.2, 0) is 0 Å². The van der Waals surface area contributed by atoms with Crippen LogP contribution in [0, 0.1) is 0 Å². The quantitative estimate of drug-likeness (QED) is 0.750. The summed E-state index contributed by atoms with van der Waals surface area (Å²) in [6.45, 7) is 0. The number of methoxy groups -OCH3 is 1. The summed E-state index contributed by atoms with van der Waals surface area (Å²) >= 11 is 0. The van der Waals surface area contributed by atoms with E-state index in [1.54, 1.807) is 25.6 Å². The highest BCUT2D eigenvalue weighted by Crippen LogP contribution is 2.22. The first kappa shape index (κ1) is 11.8. The zero-order valence-electron chi connectivity index (χ0n) is 10.1. The highest BCUT2D eigenvalue weighted by molar-refractivity contribution is 6.08.